The molecule has 0 fully saturated rings. The number of carbonyl (C=O) groups excluding carboxylic acids is 2. The van der Waals surface area contributed by atoms with Crippen LogP contribution in [-0.4, -0.2) is 67.9 Å². The molecule has 0 amide bonds. The summed E-state index contributed by atoms with van der Waals surface area (Å²) >= 11 is 0. The predicted molar refractivity (Wildman–Crippen MR) is 110 cm³/mol. The first-order valence-corrected chi connectivity index (χ1v) is 12.0. The zero-order valence-electron chi connectivity index (χ0n) is 18.0. The van der Waals surface area contributed by atoms with Crippen molar-refractivity contribution in [1.29, 1.82) is 0 Å². The number of hydrogen-bond acceptors (Lipinski definition) is 6. The Morgan fingerprint density at radius 2 is 1.14 bits per heavy atom. The average molecular weight is 461 g/mol. The second-order valence-corrected chi connectivity index (χ2v) is 9.19. The van der Waals surface area contributed by atoms with Crippen LogP contribution in [0.25, 0.3) is 0 Å². The van der Waals surface area contributed by atoms with Gasteiger partial charge in [-0.3, -0.25) is 4.55 Å². The van der Waals surface area contributed by atoms with Crippen LogP contribution in [0.5, 0.6) is 0 Å². The maximum absolute atomic E-state index is 12.0. The molecule has 0 aliphatic rings. The van der Waals surface area contributed by atoms with Gasteiger partial charge in [0.25, 0.3) is 10.1 Å². The van der Waals surface area contributed by atoms with Crippen LogP contribution >= 0.6 is 0 Å². The van der Waals surface area contributed by atoms with Crippen LogP contribution < -0.4 is 10.2 Å². The van der Waals surface area contributed by atoms with Gasteiger partial charge in [0, 0.05) is 11.4 Å². The Labute approximate surface area is 205 Å². The van der Waals surface area contributed by atoms with Crippen molar-refractivity contribution in [1.82, 2.24) is 0 Å². The summed E-state index contributed by atoms with van der Waals surface area (Å²) in [6, 6.07) is 0. The van der Waals surface area contributed by atoms with Crippen molar-refractivity contribution in [3.8, 4) is 0 Å². The Morgan fingerprint density at radius 1 is 0.793 bits per heavy atom. The van der Waals surface area contributed by atoms with Gasteiger partial charge in [-0.25, -0.2) is 0 Å². The topological polar surface area (TPSA) is 135 Å². The third-order valence-corrected chi connectivity index (χ3v) is 6.61. The fourth-order valence-corrected chi connectivity index (χ4v) is 4.92. The van der Waals surface area contributed by atoms with Crippen molar-refractivity contribution >= 4 is 59.8 Å². The molecule has 0 aliphatic carbocycles. The van der Waals surface area contributed by atoms with E-state index in [1.165, 1.54) is 0 Å². The average Bonchev–Trinajstić information content (AvgIpc) is 2.58. The summed E-state index contributed by atoms with van der Waals surface area (Å²) in [6.07, 6.45) is 9.57. The van der Waals surface area contributed by atoms with Gasteiger partial charge in [0.15, 0.2) is 0 Å². The molecule has 0 saturated heterocycles. The van der Waals surface area contributed by atoms with Gasteiger partial charge in [-0.15, -0.1) is 0 Å². The second kappa shape index (κ2) is 16.8. The monoisotopic (exact) mass is 460 g/mol. The number of carboxylic acid groups (broad SMARTS) is 2. The molecule has 0 aliphatic heterocycles. The molecule has 29 heavy (non-hydrogen) atoms. The van der Waals surface area contributed by atoms with Crippen molar-refractivity contribution in [3.63, 3.8) is 0 Å². The van der Waals surface area contributed by atoms with Gasteiger partial charge in [-0.2, -0.15) is 8.42 Å². The van der Waals surface area contributed by atoms with E-state index in [1.54, 1.807) is 0 Å². The second-order valence-electron chi connectivity index (χ2n) is 7.69. The standard InChI is InChI=1S/C20H38O7S.Ca/c1-3-5-7-9-11-13-15-20(19(23)24,16-14-12-10-8-6-4-2)17(18(21)22)28(25,26)27;/h17H,3-16H2,1-2H3,(H,21,22)(H,23,24)(H,25,26,27);/q;+2/p-2. The molecule has 1 unspecified atom stereocenters. The Morgan fingerprint density at radius 3 is 1.41 bits per heavy atom. The molecule has 0 aromatic heterocycles. The number of carbonyl (C=O) groups is 2. The fraction of sp³-hybridized carbons (Fsp3) is 0.900. The molecular weight excluding hydrogens is 424 g/mol. The van der Waals surface area contributed by atoms with Crippen LogP contribution in [-0.2, 0) is 19.7 Å². The zero-order chi connectivity index (χ0) is 21.6. The van der Waals surface area contributed by atoms with Crippen LogP contribution in [0.3, 0.4) is 0 Å². The molecule has 0 radical (unpaired) electrons. The molecule has 1 N–H and O–H groups in total. The SMILES string of the molecule is CCCCCCCCC(CCCCCCCC)(C(=O)[O-])C(C(=O)[O-])S(=O)(=O)O.[Ca+2]. The number of hydrogen-bond donors (Lipinski definition) is 1. The van der Waals surface area contributed by atoms with Crippen molar-refractivity contribution in [2.24, 2.45) is 5.41 Å². The normalized spacial score (nSPS) is 12.9. The molecule has 0 spiro atoms. The first-order valence-electron chi connectivity index (χ1n) is 10.5. The summed E-state index contributed by atoms with van der Waals surface area (Å²) in [5, 5.41) is 21.0. The van der Waals surface area contributed by atoms with E-state index in [9.17, 15) is 32.8 Å². The molecule has 0 aromatic carbocycles. The number of carboxylic acids is 2. The van der Waals surface area contributed by atoms with E-state index in [2.05, 4.69) is 13.8 Å². The maximum atomic E-state index is 12.0. The first-order chi connectivity index (χ1) is 13.1. The predicted octanol–water partition coefficient (Wildman–Crippen LogP) is 1.85. The first kappa shape index (κ1) is 31.3. The van der Waals surface area contributed by atoms with E-state index in [0.717, 1.165) is 51.4 Å². The van der Waals surface area contributed by atoms with Gasteiger partial charge >= 0.3 is 37.7 Å². The van der Waals surface area contributed by atoms with Gasteiger partial charge in [-0.1, -0.05) is 90.9 Å². The molecule has 166 valence electrons. The Kier molecular flexibility index (Phi) is 18.1. The van der Waals surface area contributed by atoms with Crippen molar-refractivity contribution in [2.45, 2.75) is 109 Å². The quantitative estimate of drug-likeness (QED) is 0.187. The molecule has 0 bridgehead atoms. The molecule has 0 heterocycles. The summed E-state index contributed by atoms with van der Waals surface area (Å²) in [4.78, 5) is 23.5. The third-order valence-electron chi connectivity index (χ3n) is 5.37. The fourth-order valence-electron chi connectivity index (χ4n) is 3.77. The van der Waals surface area contributed by atoms with Gasteiger partial charge in [0.1, 0.15) is 5.25 Å². The smallest absolute Gasteiger partial charge is 0.549 e. The van der Waals surface area contributed by atoms with Gasteiger partial charge in [0.2, 0.25) is 0 Å². The molecule has 7 nitrogen and oxygen atoms in total. The number of aliphatic carboxylic acids is 2. The van der Waals surface area contributed by atoms with Gasteiger partial charge in [0.05, 0.1) is 5.97 Å². The van der Waals surface area contributed by atoms with Crippen LogP contribution in [0, 0.1) is 5.41 Å². The molecular formula is C20H36CaO7S. The van der Waals surface area contributed by atoms with E-state index in [4.69, 9.17) is 0 Å². The summed E-state index contributed by atoms with van der Waals surface area (Å²) in [5.74, 6) is -3.84. The third kappa shape index (κ3) is 11.9. The van der Waals surface area contributed by atoms with Crippen molar-refractivity contribution in [3.05, 3.63) is 0 Å². The van der Waals surface area contributed by atoms with E-state index < -0.39 is 32.7 Å². The van der Waals surface area contributed by atoms with Gasteiger partial charge < -0.3 is 19.8 Å². The van der Waals surface area contributed by atoms with Crippen molar-refractivity contribution < 1.29 is 32.8 Å². The molecule has 1 atom stereocenters. The molecule has 0 aromatic rings. The Bertz CT molecular complexity index is 547. The number of unbranched alkanes of at least 4 members (excludes halogenated alkanes) is 10. The largest absolute Gasteiger partial charge is 2.00 e. The summed E-state index contributed by atoms with van der Waals surface area (Å²) in [6.45, 7) is 4.14. The Balaban J connectivity index is 0. The minimum atomic E-state index is -5.15. The van der Waals surface area contributed by atoms with Crippen LogP contribution in [0.2, 0.25) is 0 Å². The number of rotatable bonds is 18. The minimum absolute atomic E-state index is 0. The van der Waals surface area contributed by atoms with Crippen LogP contribution in [0.1, 0.15) is 104 Å². The zero-order valence-corrected chi connectivity index (χ0v) is 21.0. The van der Waals surface area contributed by atoms with E-state index >= 15 is 0 Å². The van der Waals surface area contributed by atoms with E-state index in [0.29, 0.717) is 25.7 Å². The van der Waals surface area contributed by atoms with Crippen molar-refractivity contribution in [2.75, 3.05) is 0 Å². The van der Waals surface area contributed by atoms with Crippen LogP contribution in [0.4, 0.5) is 0 Å². The summed E-state index contributed by atoms with van der Waals surface area (Å²) in [5.41, 5.74) is -2.18. The van der Waals surface area contributed by atoms with Gasteiger partial charge in [-0.05, 0) is 12.8 Å². The summed E-state index contributed by atoms with van der Waals surface area (Å²) in [7, 11) is -5.15. The molecule has 9 heteroatoms. The maximum Gasteiger partial charge on any atom is 2.00 e. The van der Waals surface area contributed by atoms with E-state index in [-0.39, 0.29) is 50.6 Å². The molecule has 0 rings (SSSR count). The van der Waals surface area contributed by atoms with E-state index in [1.807, 2.05) is 0 Å². The van der Waals surface area contributed by atoms with Crippen LogP contribution in [0.15, 0.2) is 0 Å². The minimum Gasteiger partial charge on any atom is -0.549 e. The molecule has 0 saturated carbocycles. The Hall–Kier alpha value is 0.110. The summed E-state index contributed by atoms with van der Waals surface area (Å²) < 4.78 is 32.9.